The Morgan fingerprint density at radius 3 is 2.33 bits per heavy atom. The smallest absolute Gasteiger partial charge is 0.295 e. The molecule has 1 N–H and O–H groups in total. The molecule has 168 valence electrons. The summed E-state index contributed by atoms with van der Waals surface area (Å²) in [4.78, 5) is 33.8. The first-order valence-electron chi connectivity index (χ1n) is 10.5. The van der Waals surface area contributed by atoms with Crippen molar-refractivity contribution in [2.75, 3.05) is 26.1 Å². The summed E-state index contributed by atoms with van der Waals surface area (Å²) >= 11 is 0. The van der Waals surface area contributed by atoms with Crippen LogP contribution >= 0.6 is 0 Å². The van der Waals surface area contributed by atoms with Crippen molar-refractivity contribution in [2.24, 2.45) is 0 Å². The molecule has 1 saturated heterocycles. The van der Waals surface area contributed by atoms with Gasteiger partial charge in [-0.15, -0.1) is 0 Å². The maximum absolute atomic E-state index is 13.1. The molecular weight excluding hydrogens is 418 g/mol. The lowest BCUT2D eigenvalue weighted by Gasteiger charge is -2.26. The van der Waals surface area contributed by atoms with Crippen molar-refractivity contribution >= 4 is 23.1 Å². The second-order valence-electron chi connectivity index (χ2n) is 8.00. The number of hydrogen-bond acceptors (Lipinski definition) is 6. The number of aromatic nitrogens is 1. The summed E-state index contributed by atoms with van der Waals surface area (Å²) in [5.41, 5.74) is 3.01. The Hall–Kier alpha value is -4.13. The molecule has 1 aromatic heterocycles. The van der Waals surface area contributed by atoms with Gasteiger partial charge in [-0.2, -0.15) is 0 Å². The number of benzene rings is 2. The van der Waals surface area contributed by atoms with Crippen LogP contribution in [0.3, 0.4) is 0 Å². The number of hydrogen-bond donors (Lipinski definition) is 1. The third kappa shape index (κ3) is 4.30. The van der Waals surface area contributed by atoms with Gasteiger partial charge in [0, 0.05) is 44.3 Å². The zero-order valence-corrected chi connectivity index (χ0v) is 18.7. The van der Waals surface area contributed by atoms with Crippen LogP contribution in [0.4, 0.5) is 5.69 Å². The van der Waals surface area contributed by atoms with E-state index < -0.39 is 17.7 Å². The van der Waals surface area contributed by atoms with Gasteiger partial charge >= 0.3 is 0 Å². The van der Waals surface area contributed by atoms with Crippen molar-refractivity contribution in [1.82, 2.24) is 9.88 Å². The van der Waals surface area contributed by atoms with Gasteiger partial charge in [-0.05, 0) is 53.6 Å². The van der Waals surface area contributed by atoms with Gasteiger partial charge in [-0.1, -0.05) is 18.2 Å². The second-order valence-corrected chi connectivity index (χ2v) is 8.00. The zero-order valence-electron chi connectivity index (χ0n) is 18.7. The van der Waals surface area contributed by atoms with Crippen molar-refractivity contribution in [3.63, 3.8) is 0 Å². The Balaban J connectivity index is 1.83. The number of amides is 1. The lowest BCUT2D eigenvalue weighted by Crippen LogP contribution is -2.29. The van der Waals surface area contributed by atoms with Crippen molar-refractivity contribution in [2.45, 2.75) is 12.6 Å². The maximum atomic E-state index is 13.1. The highest BCUT2D eigenvalue weighted by Crippen LogP contribution is 2.40. The van der Waals surface area contributed by atoms with Crippen LogP contribution in [0.5, 0.6) is 5.75 Å². The number of likely N-dealkylation sites (tertiary alicyclic amines) is 1. The Bertz CT molecular complexity index is 1190. The van der Waals surface area contributed by atoms with E-state index in [1.54, 1.807) is 49.8 Å². The summed E-state index contributed by atoms with van der Waals surface area (Å²) in [5, 5.41) is 11.1. The maximum Gasteiger partial charge on any atom is 0.295 e. The predicted octanol–water partition coefficient (Wildman–Crippen LogP) is 3.78. The molecule has 7 heteroatoms. The van der Waals surface area contributed by atoms with Crippen LogP contribution in [0.2, 0.25) is 0 Å². The summed E-state index contributed by atoms with van der Waals surface area (Å²) in [6.07, 6.45) is 3.31. The van der Waals surface area contributed by atoms with Gasteiger partial charge in [0.25, 0.3) is 11.7 Å². The molecule has 0 bridgehead atoms. The number of aliphatic hydroxyl groups excluding tert-OH is 1. The average Bonchev–Trinajstić information content (AvgIpc) is 3.09. The lowest BCUT2D eigenvalue weighted by atomic mass is 9.95. The highest BCUT2D eigenvalue weighted by Gasteiger charge is 2.46. The first-order chi connectivity index (χ1) is 15.9. The van der Waals surface area contributed by atoms with Gasteiger partial charge in [0.1, 0.15) is 11.5 Å². The third-order valence-electron chi connectivity index (χ3n) is 5.70. The summed E-state index contributed by atoms with van der Waals surface area (Å²) in [7, 11) is 5.43. The number of carbonyl (C=O) groups excluding carboxylic acids is 2. The SMILES string of the molecule is COc1ccc(C(O)=C2C(=O)C(=O)N(Cc3cccnc3)[C@H]2c2ccc(N(C)C)cc2)cc1. The molecule has 0 saturated carbocycles. The molecule has 0 spiro atoms. The number of carbonyl (C=O) groups is 2. The molecular formula is C26H25N3O4. The minimum absolute atomic E-state index is 0.0617. The molecule has 3 aromatic rings. The number of ether oxygens (including phenoxy) is 1. The number of anilines is 1. The standard InChI is InChI=1S/C26H25N3O4/c1-28(2)20-10-6-18(7-11-20)23-22(24(30)19-8-12-21(33-3)13-9-19)25(31)26(32)29(23)16-17-5-4-14-27-15-17/h4-15,23,30H,16H2,1-3H3/t23-/m0/s1. The number of Topliss-reactive ketones (excluding diaryl/α,β-unsaturated/α-hetero) is 1. The Morgan fingerprint density at radius 2 is 1.76 bits per heavy atom. The summed E-state index contributed by atoms with van der Waals surface area (Å²) in [6.45, 7) is 0.192. The largest absolute Gasteiger partial charge is 0.507 e. The normalized spacial score (nSPS) is 17.3. The number of rotatable bonds is 6. The fourth-order valence-electron chi connectivity index (χ4n) is 3.94. The van der Waals surface area contributed by atoms with E-state index in [4.69, 9.17) is 4.74 Å². The molecule has 1 atom stereocenters. The first kappa shape index (κ1) is 22.1. The fourth-order valence-corrected chi connectivity index (χ4v) is 3.94. The fraction of sp³-hybridized carbons (Fsp3) is 0.192. The molecule has 1 fully saturated rings. The second kappa shape index (κ2) is 9.16. The minimum atomic E-state index is -0.733. The molecule has 1 aliphatic rings. The molecule has 4 rings (SSSR count). The highest BCUT2D eigenvalue weighted by atomic mass is 16.5. The van der Waals surface area contributed by atoms with Crippen LogP contribution in [0, 0.1) is 0 Å². The Labute approximate surface area is 192 Å². The average molecular weight is 444 g/mol. The topological polar surface area (TPSA) is 83.0 Å². The van der Waals surface area contributed by atoms with Crippen LogP contribution in [0.15, 0.2) is 78.6 Å². The quantitative estimate of drug-likeness (QED) is 0.355. The van der Waals surface area contributed by atoms with E-state index >= 15 is 0 Å². The predicted molar refractivity (Wildman–Crippen MR) is 126 cm³/mol. The summed E-state index contributed by atoms with van der Waals surface area (Å²) < 4.78 is 5.18. The van der Waals surface area contributed by atoms with Gasteiger partial charge in [-0.25, -0.2) is 0 Å². The molecule has 33 heavy (non-hydrogen) atoms. The van der Waals surface area contributed by atoms with E-state index in [2.05, 4.69) is 4.98 Å². The van der Waals surface area contributed by atoms with E-state index in [0.29, 0.717) is 11.3 Å². The van der Waals surface area contributed by atoms with Crippen molar-refractivity contribution in [1.29, 1.82) is 0 Å². The molecule has 1 amide bonds. The number of aliphatic hydroxyl groups is 1. The van der Waals surface area contributed by atoms with Crippen LogP contribution < -0.4 is 9.64 Å². The van der Waals surface area contributed by atoms with E-state index in [0.717, 1.165) is 16.8 Å². The third-order valence-corrected chi connectivity index (χ3v) is 5.70. The molecule has 2 heterocycles. The van der Waals surface area contributed by atoms with E-state index in [1.165, 1.54) is 4.90 Å². The number of pyridine rings is 1. The van der Waals surface area contributed by atoms with Gasteiger partial charge < -0.3 is 19.6 Å². The Morgan fingerprint density at radius 1 is 1.06 bits per heavy atom. The van der Waals surface area contributed by atoms with Crippen LogP contribution in [0.1, 0.15) is 22.7 Å². The molecule has 1 aliphatic heterocycles. The molecule has 0 unspecified atom stereocenters. The minimum Gasteiger partial charge on any atom is -0.507 e. The van der Waals surface area contributed by atoms with E-state index in [1.807, 2.05) is 49.3 Å². The van der Waals surface area contributed by atoms with Gasteiger partial charge in [0.2, 0.25) is 0 Å². The van der Waals surface area contributed by atoms with Crippen molar-refractivity contribution < 1.29 is 19.4 Å². The molecule has 2 aromatic carbocycles. The highest BCUT2D eigenvalue weighted by molar-refractivity contribution is 6.46. The monoisotopic (exact) mass is 443 g/mol. The molecule has 7 nitrogen and oxygen atoms in total. The molecule has 0 aliphatic carbocycles. The first-order valence-corrected chi connectivity index (χ1v) is 10.5. The summed E-state index contributed by atoms with van der Waals surface area (Å²) in [6, 6.07) is 17.2. The summed E-state index contributed by atoms with van der Waals surface area (Å²) in [5.74, 6) is -0.963. The number of methoxy groups -OCH3 is 1. The zero-order chi connectivity index (χ0) is 23.5. The van der Waals surface area contributed by atoms with E-state index in [9.17, 15) is 14.7 Å². The van der Waals surface area contributed by atoms with Crippen molar-refractivity contribution in [3.8, 4) is 5.75 Å². The van der Waals surface area contributed by atoms with Crippen LogP contribution in [-0.4, -0.2) is 47.9 Å². The van der Waals surface area contributed by atoms with Gasteiger partial charge in [-0.3, -0.25) is 14.6 Å². The number of nitrogens with zero attached hydrogens (tertiary/aromatic N) is 3. The lowest BCUT2D eigenvalue weighted by molar-refractivity contribution is -0.140. The van der Waals surface area contributed by atoms with Crippen LogP contribution in [0.25, 0.3) is 5.76 Å². The van der Waals surface area contributed by atoms with Gasteiger partial charge in [0.05, 0.1) is 18.7 Å². The number of ketones is 1. The van der Waals surface area contributed by atoms with Crippen molar-refractivity contribution in [3.05, 3.63) is 95.3 Å². The Kier molecular flexibility index (Phi) is 6.13. The van der Waals surface area contributed by atoms with E-state index in [-0.39, 0.29) is 17.9 Å². The van der Waals surface area contributed by atoms with Crippen LogP contribution in [-0.2, 0) is 16.1 Å². The molecule has 0 radical (unpaired) electrons. The van der Waals surface area contributed by atoms with Gasteiger partial charge in [0.15, 0.2) is 0 Å².